The molecule has 2 aromatic rings. The first-order valence-electron chi connectivity index (χ1n) is 8.85. The summed E-state index contributed by atoms with van der Waals surface area (Å²) in [4.78, 5) is 24.6. The molecule has 0 radical (unpaired) electrons. The molecule has 0 fully saturated rings. The molecule has 0 aliphatic heterocycles. The molecule has 2 N–H and O–H groups in total. The van der Waals surface area contributed by atoms with Crippen molar-refractivity contribution in [2.24, 2.45) is 0 Å². The zero-order valence-electron chi connectivity index (χ0n) is 15.7. The number of nitrogens with zero attached hydrogens (tertiary/aromatic N) is 1. The molecule has 8 heteroatoms. The molecular weight excluding hydrogens is 380 g/mol. The minimum absolute atomic E-state index is 0.105. The van der Waals surface area contributed by atoms with Crippen molar-refractivity contribution >= 4 is 23.3 Å². The summed E-state index contributed by atoms with van der Waals surface area (Å²) in [5.74, 6) is -3.03. The largest absolute Gasteiger partial charge is 0.462 e. The zero-order valence-corrected chi connectivity index (χ0v) is 15.7. The number of ether oxygens (including phenoxy) is 1. The lowest BCUT2D eigenvalue weighted by atomic mass is 10.1. The summed E-state index contributed by atoms with van der Waals surface area (Å²) in [6.45, 7) is 2.22. The maximum atomic E-state index is 13.7. The second-order valence-corrected chi connectivity index (χ2v) is 5.93. The monoisotopic (exact) mass is 399 g/mol. The number of carbonyl (C=O) groups is 2. The Labute approximate surface area is 166 Å². The van der Waals surface area contributed by atoms with Gasteiger partial charge in [-0.15, -0.1) is 0 Å². The Bertz CT molecular complexity index is 968. The summed E-state index contributed by atoms with van der Waals surface area (Å²) in [5.41, 5.74) is -0.158. The van der Waals surface area contributed by atoms with Crippen LogP contribution in [-0.2, 0) is 9.53 Å². The number of halogens is 2. The van der Waals surface area contributed by atoms with Crippen molar-refractivity contribution < 1.29 is 23.1 Å². The number of hydrogen-bond donors (Lipinski definition) is 2. The van der Waals surface area contributed by atoms with E-state index < -0.39 is 23.5 Å². The van der Waals surface area contributed by atoms with Crippen LogP contribution in [0.5, 0.6) is 0 Å². The molecule has 0 bridgehead atoms. The molecule has 150 valence electrons. The molecule has 29 heavy (non-hydrogen) atoms. The highest BCUT2D eigenvalue weighted by Gasteiger charge is 2.16. The molecule has 6 nitrogen and oxygen atoms in total. The lowest BCUT2D eigenvalue weighted by molar-refractivity contribution is -0.112. The number of esters is 1. The van der Waals surface area contributed by atoms with Gasteiger partial charge in [0.2, 0.25) is 0 Å². The Morgan fingerprint density at radius 2 is 1.93 bits per heavy atom. The van der Waals surface area contributed by atoms with Crippen molar-refractivity contribution in [1.29, 1.82) is 5.26 Å². The van der Waals surface area contributed by atoms with Gasteiger partial charge >= 0.3 is 5.97 Å². The number of unbranched alkanes of at least 4 members (excludes halogenated alkanes) is 1. The molecule has 0 aliphatic rings. The average molecular weight is 399 g/mol. The van der Waals surface area contributed by atoms with Gasteiger partial charge in [0, 0.05) is 12.3 Å². The number of nitriles is 1. The predicted octanol–water partition coefficient (Wildman–Crippen LogP) is 4.38. The van der Waals surface area contributed by atoms with Crippen LogP contribution in [0, 0.1) is 23.0 Å². The Hall–Kier alpha value is -3.73. The highest BCUT2D eigenvalue weighted by Crippen LogP contribution is 2.18. The van der Waals surface area contributed by atoms with Gasteiger partial charge < -0.3 is 15.4 Å². The van der Waals surface area contributed by atoms with E-state index in [2.05, 4.69) is 10.6 Å². The number of carbonyl (C=O) groups excluding carboxylic acids is 2. The molecule has 0 spiro atoms. The van der Waals surface area contributed by atoms with Crippen LogP contribution in [0.3, 0.4) is 0 Å². The van der Waals surface area contributed by atoms with Gasteiger partial charge in [-0.05, 0) is 30.7 Å². The van der Waals surface area contributed by atoms with Crippen molar-refractivity contribution in [3.05, 3.63) is 71.4 Å². The van der Waals surface area contributed by atoms with Crippen molar-refractivity contribution in [3.8, 4) is 6.07 Å². The smallest absolute Gasteiger partial charge is 0.340 e. The molecule has 0 aliphatic carbocycles. The number of amides is 1. The van der Waals surface area contributed by atoms with Gasteiger partial charge in [0.25, 0.3) is 5.91 Å². The van der Waals surface area contributed by atoms with Crippen LogP contribution in [0.1, 0.15) is 30.1 Å². The third-order valence-electron chi connectivity index (χ3n) is 3.79. The van der Waals surface area contributed by atoms with E-state index >= 15 is 0 Å². The Morgan fingerprint density at radius 3 is 2.62 bits per heavy atom. The van der Waals surface area contributed by atoms with Crippen LogP contribution in [0.25, 0.3) is 0 Å². The average Bonchev–Trinajstić information content (AvgIpc) is 2.70. The summed E-state index contributed by atoms with van der Waals surface area (Å²) >= 11 is 0. The third-order valence-corrected chi connectivity index (χ3v) is 3.79. The summed E-state index contributed by atoms with van der Waals surface area (Å²) in [7, 11) is 0. The van der Waals surface area contributed by atoms with Gasteiger partial charge in [0.05, 0.1) is 23.5 Å². The van der Waals surface area contributed by atoms with E-state index in [0.717, 1.165) is 24.8 Å². The first-order chi connectivity index (χ1) is 14.0. The fourth-order valence-electron chi connectivity index (χ4n) is 2.25. The number of benzene rings is 2. The lowest BCUT2D eigenvalue weighted by Crippen LogP contribution is -2.18. The Kier molecular flexibility index (Phi) is 7.86. The molecule has 0 unspecified atom stereocenters. The molecular formula is C21H19F2N3O3. The molecule has 0 heterocycles. The number of para-hydroxylation sites is 1. The van der Waals surface area contributed by atoms with Crippen LogP contribution in [0.2, 0.25) is 0 Å². The zero-order chi connectivity index (χ0) is 21.2. The molecule has 1 amide bonds. The quantitative estimate of drug-likeness (QED) is 0.298. The van der Waals surface area contributed by atoms with Crippen molar-refractivity contribution in [2.75, 3.05) is 17.2 Å². The van der Waals surface area contributed by atoms with Crippen LogP contribution < -0.4 is 10.6 Å². The standard InChI is InChI=1S/C21H19F2N3O3/c1-2-3-10-29-21(28)16-6-4-5-7-18(16)26-20(27)14(12-24)13-25-19-9-8-15(22)11-17(19)23/h4-9,11,13,25H,2-3,10H2,1H3,(H,26,27)/b14-13-. The number of nitrogens with one attached hydrogen (secondary N) is 2. The summed E-state index contributed by atoms with van der Waals surface area (Å²) in [5, 5.41) is 14.1. The van der Waals surface area contributed by atoms with Gasteiger partial charge in [0.1, 0.15) is 23.3 Å². The van der Waals surface area contributed by atoms with Gasteiger partial charge in [-0.1, -0.05) is 25.5 Å². The van der Waals surface area contributed by atoms with Gasteiger partial charge in [-0.2, -0.15) is 5.26 Å². The van der Waals surface area contributed by atoms with Crippen LogP contribution in [-0.4, -0.2) is 18.5 Å². The van der Waals surface area contributed by atoms with E-state index in [9.17, 15) is 23.6 Å². The van der Waals surface area contributed by atoms with E-state index in [4.69, 9.17) is 4.74 Å². The number of hydrogen-bond acceptors (Lipinski definition) is 5. The Morgan fingerprint density at radius 1 is 1.17 bits per heavy atom. The molecule has 2 rings (SSSR count). The summed E-state index contributed by atoms with van der Waals surface area (Å²) in [6.07, 6.45) is 2.57. The molecule has 0 saturated carbocycles. The molecule has 0 saturated heterocycles. The van der Waals surface area contributed by atoms with Gasteiger partial charge in [0.15, 0.2) is 0 Å². The van der Waals surface area contributed by atoms with Crippen molar-refractivity contribution in [3.63, 3.8) is 0 Å². The van der Waals surface area contributed by atoms with E-state index in [1.165, 1.54) is 12.1 Å². The first-order valence-corrected chi connectivity index (χ1v) is 8.85. The topological polar surface area (TPSA) is 91.2 Å². The van der Waals surface area contributed by atoms with E-state index in [1.807, 2.05) is 6.92 Å². The fraction of sp³-hybridized carbons (Fsp3) is 0.190. The van der Waals surface area contributed by atoms with Crippen molar-refractivity contribution in [1.82, 2.24) is 0 Å². The van der Waals surface area contributed by atoms with Crippen LogP contribution >= 0.6 is 0 Å². The van der Waals surface area contributed by atoms with E-state index in [-0.39, 0.29) is 29.1 Å². The van der Waals surface area contributed by atoms with E-state index in [0.29, 0.717) is 12.5 Å². The maximum Gasteiger partial charge on any atom is 0.340 e. The summed E-state index contributed by atoms with van der Waals surface area (Å²) in [6, 6.07) is 10.7. The molecule has 0 atom stereocenters. The minimum Gasteiger partial charge on any atom is -0.462 e. The molecule has 2 aromatic carbocycles. The van der Waals surface area contributed by atoms with Crippen molar-refractivity contribution in [2.45, 2.75) is 19.8 Å². The molecule has 0 aromatic heterocycles. The SMILES string of the molecule is CCCCOC(=O)c1ccccc1NC(=O)/C(C#N)=C\Nc1ccc(F)cc1F. The fourth-order valence-corrected chi connectivity index (χ4v) is 2.25. The second-order valence-electron chi connectivity index (χ2n) is 5.93. The van der Waals surface area contributed by atoms with E-state index in [1.54, 1.807) is 18.2 Å². The highest BCUT2D eigenvalue weighted by molar-refractivity contribution is 6.09. The maximum absolute atomic E-state index is 13.7. The minimum atomic E-state index is -0.876. The number of rotatable bonds is 8. The van der Waals surface area contributed by atoms with Gasteiger partial charge in [-0.25, -0.2) is 13.6 Å². The highest BCUT2D eigenvalue weighted by atomic mass is 19.1. The second kappa shape index (κ2) is 10.6. The first kappa shape index (κ1) is 21.6. The predicted molar refractivity (Wildman–Crippen MR) is 104 cm³/mol. The third kappa shape index (κ3) is 6.14. The number of anilines is 2. The summed E-state index contributed by atoms with van der Waals surface area (Å²) < 4.78 is 31.8. The van der Waals surface area contributed by atoms with Gasteiger partial charge in [-0.3, -0.25) is 4.79 Å². The van der Waals surface area contributed by atoms with Crippen LogP contribution in [0.4, 0.5) is 20.2 Å². The normalized spacial score (nSPS) is 10.8. The van der Waals surface area contributed by atoms with Crippen LogP contribution in [0.15, 0.2) is 54.2 Å². The lowest BCUT2D eigenvalue weighted by Gasteiger charge is -2.11. The Balaban J connectivity index is 2.13.